The van der Waals surface area contributed by atoms with Crippen LogP contribution in [0.2, 0.25) is 0 Å². The minimum Gasteiger partial charge on any atom is -0.313 e. The van der Waals surface area contributed by atoms with Crippen LogP contribution in [0.1, 0.15) is 17.0 Å². The number of halogens is 4. The maximum atomic E-state index is 13.9. The minimum absolute atomic E-state index is 0.0157. The van der Waals surface area contributed by atoms with Gasteiger partial charge in [0.2, 0.25) is 0 Å². The highest BCUT2D eigenvalue weighted by atomic mass is 32.2. The standard InChI is InChI=1S/C13H14F4N4S/c1-18-6-10-19-20-12(21(10)2)22-7-8-4-3-5-9(11(8)14)13(15,16)17/h3-5,18H,6-7H2,1-2H3. The van der Waals surface area contributed by atoms with Gasteiger partial charge in [-0.05, 0) is 18.7 Å². The fraction of sp³-hybridized carbons (Fsp3) is 0.385. The van der Waals surface area contributed by atoms with Gasteiger partial charge in [-0.1, -0.05) is 23.9 Å². The molecular weight excluding hydrogens is 320 g/mol. The van der Waals surface area contributed by atoms with Crippen LogP contribution in [-0.2, 0) is 25.5 Å². The monoisotopic (exact) mass is 334 g/mol. The number of hydrogen-bond acceptors (Lipinski definition) is 4. The molecule has 2 aromatic rings. The molecule has 0 aliphatic rings. The van der Waals surface area contributed by atoms with Gasteiger partial charge in [0, 0.05) is 12.8 Å². The highest BCUT2D eigenvalue weighted by Crippen LogP contribution is 2.33. The van der Waals surface area contributed by atoms with E-state index >= 15 is 0 Å². The van der Waals surface area contributed by atoms with E-state index in [0.29, 0.717) is 17.5 Å². The molecule has 1 aromatic carbocycles. The Labute approximate surface area is 128 Å². The van der Waals surface area contributed by atoms with Crippen LogP contribution in [-0.4, -0.2) is 21.8 Å². The van der Waals surface area contributed by atoms with Crippen molar-refractivity contribution in [1.82, 2.24) is 20.1 Å². The second-order valence-corrected chi connectivity index (χ2v) is 5.50. The molecular formula is C13H14F4N4S. The lowest BCUT2D eigenvalue weighted by atomic mass is 10.1. The number of aromatic nitrogens is 3. The number of rotatable bonds is 5. The lowest BCUT2D eigenvalue weighted by molar-refractivity contribution is -0.140. The Bertz CT molecular complexity index is 654. The Hall–Kier alpha value is -1.61. The van der Waals surface area contributed by atoms with Crippen LogP contribution in [0.4, 0.5) is 17.6 Å². The van der Waals surface area contributed by atoms with Gasteiger partial charge in [0.25, 0.3) is 0 Å². The fourth-order valence-corrected chi connectivity index (χ4v) is 2.74. The summed E-state index contributed by atoms with van der Waals surface area (Å²) in [5.74, 6) is -0.504. The molecule has 1 N–H and O–H groups in total. The van der Waals surface area contributed by atoms with E-state index in [2.05, 4.69) is 15.5 Å². The Morgan fingerprint density at radius 3 is 2.64 bits per heavy atom. The third-order valence-corrected chi connectivity index (χ3v) is 4.07. The zero-order valence-electron chi connectivity index (χ0n) is 11.9. The predicted octanol–water partition coefficient (Wildman–Crippen LogP) is 2.98. The van der Waals surface area contributed by atoms with Crippen molar-refractivity contribution in [2.24, 2.45) is 7.05 Å². The van der Waals surface area contributed by atoms with Crippen LogP contribution in [0, 0.1) is 5.82 Å². The van der Waals surface area contributed by atoms with Crippen molar-refractivity contribution in [2.45, 2.75) is 23.6 Å². The topological polar surface area (TPSA) is 42.7 Å². The molecule has 0 bridgehead atoms. The molecule has 4 nitrogen and oxygen atoms in total. The highest BCUT2D eigenvalue weighted by Gasteiger charge is 2.34. The van der Waals surface area contributed by atoms with Crippen LogP contribution >= 0.6 is 11.8 Å². The molecule has 0 aliphatic heterocycles. The highest BCUT2D eigenvalue weighted by molar-refractivity contribution is 7.98. The van der Waals surface area contributed by atoms with Gasteiger partial charge in [-0.3, -0.25) is 0 Å². The molecule has 0 radical (unpaired) electrons. The van der Waals surface area contributed by atoms with Crippen LogP contribution in [0.3, 0.4) is 0 Å². The fourth-order valence-electron chi connectivity index (χ4n) is 1.84. The molecule has 0 amide bonds. The van der Waals surface area contributed by atoms with E-state index in [1.807, 2.05) is 0 Å². The summed E-state index contributed by atoms with van der Waals surface area (Å²) in [7, 11) is 3.51. The van der Waals surface area contributed by atoms with Crippen molar-refractivity contribution in [1.29, 1.82) is 0 Å². The minimum atomic E-state index is -4.70. The second kappa shape index (κ2) is 6.66. The summed E-state index contributed by atoms with van der Waals surface area (Å²) < 4.78 is 53.6. The number of hydrogen-bond donors (Lipinski definition) is 1. The smallest absolute Gasteiger partial charge is 0.313 e. The summed E-state index contributed by atoms with van der Waals surface area (Å²) in [4.78, 5) is 0. The number of alkyl halides is 3. The van der Waals surface area contributed by atoms with Gasteiger partial charge in [0.1, 0.15) is 11.6 Å². The Morgan fingerprint density at radius 2 is 2.00 bits per heavy atom. The van der Waals surface area contributed by atoms with Gasteiger partial charge >= 0.3 is 6.18 Å². The van der Waals surface area contributed by atoms with Crippen LogP contribution < -0.4 is 5.32 Å². The molecule has 9 heteroatoms. The first-order chi connectivity index (χ1) is 10.3. The van der Waals surface area contributed by atoms with E-state index < -0.39 is 17.6 Å². The molecule has 1 aromatic heterocycles. The lowest BCUT2D eigenvalue weighted by Gasteiger charge is -2.10. The Balaban J connectivity index is 2.16. The Kier molecular flexibility index (Phi) is 5.07. The van der Waals surface area contributed by atoms with E-state index in [1.165, 1.54) is 12.1 Å². The average Bonchev–Trinajstić information content (AvgIpc) is 2.78. The Morgan fingerprint density at radius 1 is 1.27 bits per heavy atom. The first kappa shape index (κ1) is 16.8. The zero-order valence-corrected chi connectivity index (χ0v) is 12.7. The third-order valence-electron chi connectivity index (χ3n) is 3.00. The maximum absolute atomic E-state index is 13.9. The van der Waals surface area contributed by atoms with E-state index in [0.717, 1.165) is 17.8 Å². The van der Waals surface area contributed by atoms with Gasteiger partial charge in [-0.25, -0.2) is 4.39 Å². The maximum Gasteiger partial charge on any atom is 0.419 e. The van der Waals surface area contributed by atoms with E-state index in [9.17, 15) is 17.6 Å². The molecule has 0 saturated carbocycles. The molecule has 22 heavy (non-hydrogen) atoms. The average molecular weight is 334 g/mol. The molecule has 0 unspecified atom stereocenters. The number of nitrogens with zero attached hydrogens (tertiary/aromatic N) is 3. The summed E-state index contributed by atoms with van der Waals surface area (Å²) in [6, 6.07) is 3.27. The van der Waals surface area contributed by atoms with Gasteiger partial charge in [-0.15, -0.1) is 10.2 Å². The van der Waals surface area contributed by atoms with Crippen molar-refractivity contribution in [3.63, 3.8) is 0 Å². The van der Waals surface area contributed by atoms with Gasteiger partial charge in [-0.2, -0.15) is 13.2 Å². The van der Waals surface area contributed by atoms with Crippen LogP contribution in [0.25, 0.3) is 0 Å². The molecule has 0 spiro atoms. The molecule has 0 aliphatic carbocycles. The van der Waals surface area contributed by atoms with Crippen molar-refractivity contribution < 1.29 is 17.6 Å². The molecule has 1 heterocycles. The van der Waals surface area contributed by atoms with Gasteiger partial charge in [0.15, 0.2) is 5.16 Å². The number of thioether (sulfide) groups is 1. The third kappa shape index (κ3) is 3.58. The van der Waals surface area contributed by atoms with Gasteiger partial charge < -0.3 is 9.88 Å². The zero-order chi connectivity index (χ0) is 16.3. The van der Waals surface area contributed by atoms with E-state index in [-0.39, 0.29) is 11.3 Å². The molecule has 120 valence electrons. The largest absolute Gasteiger partial charge is 0.419 e. The van der Waals surface area contributed by atoms with Gasteiger partial charge in [0.05, 0.1) is 12.1 Å². The van der Waals surface area contributed by atoms with Crippen LogP contribution in [0.5, 0.6) is 0 Å². The van der Waals surface area contributed by atoms with Crippen molar-refractivity contribution in [3.05, 3.63) is 41.0 Å². The quantitative estimate of drug-likeness (QED) is 0.674. The SMILES string of the molecule is CNCc1nnc(SCc2cccc(C(F)(F)F)c2F)n1C. The van der Waals surface area contributed by atoms with E-state index in [1.54, 1.807) is 18.7 Å². The molecule has 2 rings (SSSR count). The summed E-state index contributed by atoms with van der Waals surface area (Å²) in [5.41, 5.74) is -1.27. The summed E-state index contributed by atoms with van der Waals surface area (Å²) in [5, 5.41) is 11.3. The van der Waals surface area contributed by atoms with Crippen molar-refractivity contribution >= 4 is 11.8 Å². The molecule has 0 atom stereocenters. The number of nitrogens with one attached hydrogen (secondary N) is 1. The number of benzene rings is 1. The normalized spacial score (nSPS) is 11.9. The van der Waals surface area contributed by atoms with Crippen molar-refractivity contribution in [3.8, 4) is 0 Å². The summed E-state index contributed by atoms with van der Waals surface area (Å²) in [6.45, 7) is 0.516. The molecule has 0 fully saturated rings. The first-order valence-electron chi connectivity index (χ1n) is 6.35. The summed E-state index contributed by atoms with van der Waals surface area (Å²) >= 11 is 1.13. The predicted molar refractivity (Wildman–Crippen MR) is 74.7 cm³/mol. The van der Waals surface area contributed by atoms with Crippen LogP contribution in [0.15, 0.2) is 23.4 Å². The first-order valence-corrected chi connectivity index (χ1v) is 7.33. The summed E-state index contributed by atoms with van der Waals surface area (Å²) in [6.07, 6.45) is -4.70. The van der Waals surface area contributed by atoms with E-state index in [4.69, 9.17) is 0 Å². The van der Waals surface area contributed by atoms with Crippen molar-refractivity contribution in [2.75, 3.05) is 7.05 Å². The lowest BCUT2D eigenvalue weighted by Crippen LogP contribution is -2.11. The molecule has 0 saturated heterocycles. The second-order valence-electron chi connectivity index (χ2n) is 4.55.